The van der Waals surface area contributed by atoms with Crippen molar-refractivity contribution in [2.24, 2.45) is 0 Å². The number of benzene rings is 1. The van der Waals surface area contributed by atoms with Crippen molar-refractivity contribution in [3.05, 3.63) is 30.3 Å². The maximum atomic E-state index is 5.37. The van der Waals surface area contributed by atoms with Crippen LogP contribution in [0, 0.1) is 0 Å². The number of hydrogen-bond acceptors (Lipinski definition) is 5. The Labute approximate surface area is 106 Å². The predicted molar refractivity (Wildman–Crippen MR) is 70.1 cm³/mol. The number of ether oxygens (including phenoxy) is 2. The molecule has 0 fully saturated rings. The zero-order valence-electron chi connectivity index (χ0n) is 10.6. The number of rotatable bonds is 4. The van der Waals surface area contributed by atoms with E-state index in [4.69, 9.17) is 9.47 Å². The van der Waals surface area contributed by atoms with Gasteiger partial charge in [0.2, 0.25) is 0 Å². The van der Waals surface area contributed by atoms with Crippen LogP contribution in [0.15, 0.2) is 30.3 Å². The molecule has 0 aliphatic heterocycles. The zero-order chi connectivity index (χ0) is 13.0. The number of aromatic nitrogens is 2. The van der Waals surface area contributed by atoms with Gasteiger partial charge in [0.15, 0.2) is 11.5 Å². The molecule has 5 nitrogen and oxygen atoms in total. The normalized spacial score (nSPS) is 9.94. The van der Waals surface area contributed by atoms with Crippen LogP contribution in [0.25, 0.3) is 11.3 Å². The summed E-state index contributed by atoms with van der Waals surface area (Å²) in [6.45, 7) is 0. The number of methoxy groups -OCH3 is 2. The summed E-state index contributed by atoms with van der Waals surface area (Å²) in [6.07, 6.45) is 0. The van der Waals surface area contributed by atoms with Crippen LogP contribution in [0.1, 0.15) is 0 Å². The highest BCUT2D eigenvalue weighted by atomic mass is 16.5. The van der Waals surface area contributed by atoms with E-state index in [0.717, 1.165) is 17.1 Å². The Morgan fingerprint density at radius 2 is 1.83 bits per heavy atom. The molecule has 0 bridgehead atoms. The van der Waals surface area contributed by atoms with Crippen molar-refractivity contribution in [3.8, 4) is 22.8 Å². The average Bonchev–Trinajstić information content (AvgIpc) is 2.46. The lowest BCUT2D eigenvalue weighted by Gasteiger charge is -2.11. The molecule has 0 saturated carbocycles. The van der Waals surface area contributed by atoms with Crippen LogP contribution in [0.3, 0.4) is 0 Å². The molecule has 18 heavy (non-hydrogen) atoms. The van der Waals surface area contributed by atoms with Crippen molar-refractivity contribution >= 4 is 5.82 Å². The standard InChI is InChI=1S/C13H15N3O2/c1-14-12-8-7-10(15-16-12)9-5-4-6-11(17-2)13(9)18-3/h4-8H,1-3H3,(H,14,16). The molecule has 0 atom stereocenters. The van der Waals surface area contributed by atoms with Crippen LogP contribution < -0.4 is 14.8 Å². The molecule has 0 aliphatic rings. The lowest BCUT2D eigenvalue weighted by Crippen LogP contribution is -1.97. The quantitative estimate of drug-likeness (QED) is 0.895. The van der Waals surface area contributed by atoms with Gasteiger partial charge < -0.3 is 14.8 Å². The number of para-hydroxylation sites is 1. The summed E-state index contributed by atoms with van der Waals surface area (Å²) in [5, 5.41) is 11.1. The van der Waals surface area contributed by atoms with Gasteiger partial charge in [-0.3, -0.25) is 0 Å². The average molecular weight is 245 g/mol. The lowest BCUT2D eigenvalue weighted by atomic mass is 10.1. The second-order valence-electron chi connectivity index (χ2n) is 3.59. The van der Waals surface area contributed by atoms with Crippen LogP contribution in [0.4, 0.5) is 5.82 Å². The molecule has 94 valence electrons. The molecule has 2 rings (SSSR count). The molecule has 2 aromatic rings. The van der Waals surface area contributed by atoms with E-state index in [9.17, 15) is 0 Å². The Hall–Kier alpha value is -2.30. The van der Waals surface area contributed by atoms with E-state index in [-0.39, 0.29) is 0 Å². The number of nitrogens with one attached hydrogen (secondary N) is 1. The Morgan fingerprint density at radius 1 is 1.00 bits per heavy atom. The molecule has 1 aromatic heterocycles. The highest BCUT2D eigenvalue weighted by Gasteiger charge is 2.12. The fourth-order valence-corrected chi connectivity index (χ4v) is 1.70. The number of nitrogens with zero attached hydrogens (tertiary/aromatic N) is 2. The van der Waals surface area contributed by atoms with E-state index in [1.54, 1.807) is 21.3 Å². The van der Waals surface area contributed by atoms with Crippen molar-refractivity contribution in [2.45, 2.75) is 0 Å². The van der Waals surface area contributed by atoms with Gasteiger partial charge in [0, 0.05) is 12.6 Å². The van der Waals surface area contributed by atoms with Gasteiger partial charge in [-0.1, -0.05) is 6.07 Å². The molecule has 0 radical (unpaired) electrons. The highest BCUT2D eigenvalue weighted by molar-refractivity contribution is 5.71. The Kier molecular flexibility index (Phi) is 3.62. The molecule has 0 unspecified atom stereocenters. The fourth-order valence-electron chi connectivity index (χ4n) is 1.70. The van der Waals surface area contributed by atoms with Crippen LogP contribution in [0.2, 0.25) is 0 Å². The first-order valence-corrected chi connectivity index (χ1v) is 5.53. The smallest absolute Gasteiger partial charge is 0.170 e. The fraction of sp³-hybridized carbons (Fsp3) is 0.231. The van der Waals surface area contributed by atoms with Gasteiger partial charge in [-0.05, 0) is 24.3 Å². The number of anilines is 1. The van der Waals surface area contributed by atoms with E-state index in [2.05, 4.69) is 15.5 Å². The lowest BCUT2D eigenvalue weighted by molar-refractivity contribution is 0.356. The predicted octanol–water partition coefficient (Wildman–Crippen LogP) is 2.20. The van der Waals surface area contributed by atoms with Gasteiger partial charge in [-0.15, -0.1) is 10.2 Å². The van der Waals surface area contributed by atoms with E-state index in [1.165, 1.54) is 0 Å². The molecule has 1 aromatic carbocycles. The summed E-state index contributed by atoms with van der Waals surface area (Å²) in [6, 6.07) is 9.41. The van der Waals surface area contributed by atoms with E-state index < -0.39 is 0 Å². The van der Waals surface area contributed by atoms with Gasteiger partial charge in [-0.2, -0.15) is 0 Å². The van der Waals surface area contributed by atoms with Crippen molar-refractivity contribution in [1.29, 1.82) is 0 Å². The third-order valence-corrected chi connectivity index (χ3v) is 2.60. The molecular weight excluding hydrogens is 230 g/mol. The Morgan fingerprint density at radius 3 is 2.39 bits per heavy atom. The Balaban J connectivity index is 2.48. The first-order valence-electron chi connectivity index (χ1n) is 5.53. The van der Waals surface area contributed by atoms with Crippen molar-refractivity contribution in [3.63, 3.8) is 0 Å². The van der Waals surface area contributed by atoms with E-state index in [1.807, 2.05) is 30.3 Å². The van der Waals surface area contributed by atoms with Crippen molar-refractivity contribution < 1.29 is 9.47 Å². The van der Waals surface area contributed by atoms with Crippen molar-refractivity contribution in [1.82, 2.24) is 10.2 Å². The molecule has 1 heterocycles. The second kappa shape index (κ2) is 5.35. The first-order chi connectivity index (χ1) is 8.80. The third kappa shape index (κ3) is 2.20. The zero-order valence-corrected chi connectivity index (χ0v) is 10.6. The van der Waals surface area contributed by atoms with Gasteiger partial charge >= 0.3 is 0 Å². The molecule has 0 spiro atoms. The highest BCUT2D eigenvalue weighted by Crippen LogP contribution is 2.36. The third-order valence-electron chi connectivity index (χ3n) is 2.60. The minimum atomic E-state index is 0.659. The van der Waals surface area contributed by atoms with E-state index >= 15 is 0 Å². The monoisotopic (exact) mass is 245 g/mol. The molecule has 0 aliphatic carbocycles. The Bertz CT molecular complexity index is 526. The first kappa shape index (κ1) is 12.2. The van der Waals surface area contributed by atoms with Crippen LogP contribution in [0.5, 0.6) is 11.5 Å². The molecule has 0 saturated heterocycles. The topological polar surface area (TPSA) is 56.3 Å². The molecule has 5 heteroatoms. The molecule has 0 amide bonds. The van der Waals surface area contributed by atoms with Crippen LogP contribution >= 0.6 is 0 Å². The summed E-state index contributed by atoms with van der Waals surface area (Å²) in [4.78, 5) is 0. The minimum Gasteiger partial charge on any atom is -0.493 e. The SMILES string of the molecule is CNc1ccc(-c2cccc(OC)c2OC)nn1. The van der Waals surface area contributed by atoms with Gasteiger partial charge in [-0.25, -0.2) is 0 Å². The summed E-state index contributed by atoms with van der Waals surface area (Å²) in [5.41, 5.74) is 1.59. The maximum absolute atomic E-state index is 5.37. The van der Waals surface area contributed by atoms with Crippen LogP contribution in [-0.4, -0.2) is 31.5 Å². The summed E-state index contributed by atoms with van der Waals surface area (Å²) in [5.74, 6) is 2.06. The maximum Gasteiger partial charge on any atom is 0.170 e. The summed E-state index contributed by atoms with van der Waals surface area (Å²) < 4.78 is 10.6. The van der Waals surface area contributed by atoms with E-state index in [0.29, 0.717) is 11.5 Å². The minimum absolute atomic E-state index is 0.659. The molecular formula is C13H15N3O2. The van der Waals surface area contributed by atoms with Crippen molar-refractivity contribution in [2.75, 3.05) is 26.6 Å². The molecule has 1 N–H and O–H groups in total. The van der Waals surface area contributed by atoms with Gasteiger partial charge in [0.1, 0.15) is 5.82 Å². The summed E-state index contributed by atoms with van der Waals surface area (Å²) >= 11 is 0. The largest absolute Gasteiger partial charge is 0.493 e. The van der Waals surface area contributed by atoms with Crippen LogP contribution in [-0.2, 0) is 0 Å². The van der Waals surface area contributed by atoms with Gasteiger partial charge in [0.05, 0.1) is 19.9 Å². The number of hydrogen-bond donors (Lipinski definition) is 1. The van der Waals surface area contributed by atoms with Gasteiger partial charge in [0.25, 0.3) is 0 Å². The second-order valence-corrected chi connectivity index (χ2v) is 3.59. The summed E-state index contributed by atoms with van der Waals surface area (Å²) in [7, 11) is 5.02.